The van der Waals surface area contributed by atoms with E-state index < -0.39 is 15.7 Å². The third kappa shape index (κ3) is 6.54. The van der Waals surface area contributed by atoms with Crippen molar-refractivity contribution in [1.82, 2.24) is 10.2 Å². The van der Waals surface area contributed by atoms with Gasteiger partial charge in [0.05, 0.1) is 11.6 Å². The summed E-state index contributed by atoms with van der Waals surface area (Å²) in [4.78, 5) is 12.5. The molecule has 1 heterocycles. The first-order chi connectivity index (χ1) is 16.2. The van der Waals surface area contributed by atoms with Gasteiger partial charge in [-0.25, -0.2) is 8.42 Å². The van der Waals surface area contributed by atoms with Crippen molar-refractivity contribution in [2.75, 3.05) is 18.2 Å². The van der Waals surface area contributed by atoms with E-state index in [9.17, 15) is 18.5 Å². The number of ether oxygens (including phenoxy) is 2. The summed E-state index contributed by atoms with van der Waals surface area (Å²) in [5.41, 5.74) is 1.12. The molecule has 2 aromatic carbocycles. The van der Waals surface area contributed by atoms with Gasteiger partial charge in [0.2, 0.25) is 19.3 Å². The van der Waals surface area contributed by atoms with Crippen LogP contribution in [0.3, 0.4) is 0 Å². The van der Waals surface area contributed by atoms with Crippen LogP contribution in [-0.4, -0.2) is 37.4 Å². The number of anilines is 1. The van der Waals surface area contributed by atoms with Crippen molar-refractivity contribution in [3.05, 3.63) is 64.2 Å². The SMILES string of the molecule is CCOc1cc(C=C(C#N)C(=O)Nc2nnc(S(C)(=O)=O)s2)cc(Cl)c1OCc1ccccc1. The number of nitrogens with zero attached hydrogens (tertiary/aromatic N) is 3. The van der Waals surface area contributed by atoms with E-state index >= 15 is 0 Å². The summed E-state index contributed by atoms with van der Waals surface area (Å²) >= 11 is 7.11. The Labute approximate surface area is 205 Å². The van der Waals surface area contributed by atoms with Crippen molar-refractivity contribution in [3.63, 3.8) is 0 Å². The topological polar surface area (TPSA) is 131 Å². The van der Waals surface area contributed by atoms with Gasteiger partial charge in [0.25, 0.3) is 5.91 Å². The highest BCUT2D eigenvalue weighted by Gasteiger charge is 2.18. The number of nitrogens with one attached hydrogen (secondary N) is 1. The summed E-state index contributed by atoms with van der Waals surface area (Å²) < 4.78 is 34.3. The minimum Gasteiger partial charge on any atom is -0.490 e. The van der Waals surface area contributed by atoms with Crippen LogP contribution in [-0.2, 0) is 21.2 Å². The van der Waals surface area contributed by atoms with Crippen molar-refractivity contribution in [2.45, 2.75) is 17.9 Å². The normalized spacial score (nSPS) is 11.5. The van der Waals surface area contributed by atoms with Crippen LogP contribution in [0, 0.1) is 11.3 Å². The van der Waals surface area contributed by atoms with E-state index in [-0.39, 0.29) is 26.7 Å². The average Bonchev–Trinajstić information content (AvgIpc) is 3.27. The molecular weight excluding hydrogens is 500 g/mol. The van der Waals surface area contributed by atoms with Crippen LogP contribution < -0.4 is 14.8 Å². The van der Waals surface area contributed by atoms with Gasteiger partial charge in [-0.1, -0.05) is 53.3 Å². The Hall–Kier alpha value is -3.46. The minimum absolute atomic E-state index is 0.0516. The van der Waals surface area contributed by atoms with Crippen LogP contribution in [0.2, 0.25) is 5.02 Å². The number of carbonyl (C=O) groups excluding carboxylic acids is 1. The molecule has 0 saturated heterocycles. The second-order valence-electron chi connectivity index (χ2n) is 6.81. The zero-order chi connectivity index (χ0) is 24.7. The number of amides is 1. The van der Waals surface area contributed by atoms with Crippen molar-refractivity contribution < 1.29 is 22.7 Å². The van der Waals surface area contributed by atoms with Crippen molar-refractivity contribution in [1.29, 1.82) is 5.26 Å². The highest BCUT2D eigenvalue weighted by atomic mass is 35.5. The lowest BCUT2D eigenvalue weighted by molar-refractivity contribution is -0.112. The smallest absolute Gasteiger partial charge is 0.268 e. The lowest BCUT2D eigenvalue weighted by Crippen LogP contribution is -2.13. The van der Waals surface area contributed by atoms with Gasteiger partial charge in [0.1, 0.15) is 18.2 Å². The maximum absolute atomic E-state index is 12.5. The lowest BCUT2D eigenvalue weighted by Gasteiger charge is -2.14. The molecular formula is C22H19ClN4O5S2. The highest BCUT2D eigenvalue weighted by molar-refractivity contribution is 7.92. The van der Waals surface area contributed by atoms with Gasteiger partial charge >= 0.3 is 0 Å². The summed E-state index contributed by atoms with van der Waals surface area (Å²) in [5.74, 6) is -0.0800. The van der Waals surface area contributed by atoms with Crippen LogP contribution in [0.15, 0.2) is 52.4 Å². The van der Waals surface area contributed by atoms with Gasteiger partial charge in [0, 0.05) is 6.26 Å². The van der Waals surface area contributed by atoms with Crippen molar-refractivity contribution >= 4 is 49.9 Å². The van der Waals surface area contributed by atoms with Gasteiger partial charge in [-0.15, -0.1) is 10.2 Å². The number of nitriles is 1. The summed E-state index contributed by atoms with van der Waals surface area (Å²) in [7, 11) is -3.56. The third-order valence-corrected chi connectivity index (χ3v) is 6.97. The molecule has 0 unspecified atom stereocenters. The molecule has 0 aliphatic carbocycles. The summed E-state index contributed by atoms with van der Waals surface area (Å²) in [6.45, 7) is 2.42. The average molecular weight is 519 g/mol. The number of rotatable bonds is 9. The molecule has 3 aromatic rings. The van der Waals surface area contributed by atoms with E-state index in [0.717, 1.165) is 11.8 Å². The van der Waals surface area contributed by atoms with Crippen molar-refractivity contribution in [2.24, 2.45) is 0 Å². The number of hydrogen-bond acceptors (Lipinski definition) is 9. The second-order valence-corrected chi connectivity index (χ2v) is 10.4. The highest BCUT2D eigenvalue weighted by Crippen LogP contribution is 2.38. The molecule has 0 bridgehead atoms. The Morgan fingerprint density at radius 1 is 1.24 bits per heavy atom. The van der Waals surface area contributed by atoms with E-state index in [1.165, 1.54) is 6.08 Å². The lowest BCUT2D eigenvalue weighted by atomic mass is 10.1. The van der Waals surface area contributed by atoms with E-state index in [2.05, 4.69) is 15.5 Å². The number of aromatic nitrogens is 2. The first kappa shape index (κ1) is 25.2. The first-order valence-corrected chi connectivity index (χ1v) is 12.9. The molecule has 1 N–H and O–H groups in total. The van der Waals surface area contributed by atoms with E-state index in [1.54, 1.807) is 19.1 Å². The Bertz CT molecular complexity index is 1370. The number of benzene rings is 2. The molecule has 0 spiro atoms. The Morgan fingerprint density at radius 3 is 2.59 bits per heavy atom. The second kappa shape index (κ2) is 11.1. The fourth-order valence-electron chi connectivity index (χ4n) is 2.69. The molecule has 1 aromatic heterocycles. The molecule has 0 aliphatic heterocycles. The molecule has 0 fully saturated rings. The quantitative estimate of drug-likeness (QED) is 0.254. The van der Waals surface area contributed by atoms with Crippen LogP contribution in [0.25, 0.3) is 6.08 Å². The van der Waals surface area contributed by atoms with E-state index in [1.807, 2.05) is 36.4 Å². The first-order valence-electron chi connectivity index (χ1n) is 9.81. The van der Waals surface area contributed by atoms with Crippen LogP contribution in [0.1, 0.15) is 18.1 Å². The molecule has 0 atom stereocenters. The molecule has 176 valence electrons. The fraction of sp³-hybridized carbons (Fsp3) is 0.182. The number of hydrogen-bond donors (Lipinski definition) is 1. The zero-order valence-corrected chi connectivity index (χ0v) is 20.5. The number of halogens is 1. The maximum Gasteiger partial charge on any atom is 0.268 e. The predicted octanol–water partition coefficient (Wildman–Crippen LogP) is 4.12. The Kier molecular flexibility index (Phi) is 8.22. The monoisotopic (exact) mass is 518 g/mol. The molecule has 0 saturated carbocycles. The molecule has 34 heavy (non-hydrogen) atoms. The fourth-order valence-corrected chi connectivity index (χ4v) is 4.47. The number of sulfone groups is 1. The summed E-state index contributed by atoms with van der Waals surface area (Å²) in [6.07, 6.45) is 2.30. The van der Waals surface area contributed by atoms with Crippen molar-refractivity contribution in [3.8, 4) is 17.6 Å². The van der Waals surface area contributed by atoms with Crippen LogP contribution >= 0.6 is 22.9 Å². The molecule has 1 amide bonds. The predicted molar refractivity (Wildman–Crippen MR) is 129 cm³/mol. The summed E-state index contributed by atoms with van der Waals surface area (Å²) in [6, 6.07) is 14.5. The van der Waals surface area contributed by atoms with Gasteiger partial charge < -0.3 is 9.47 Å². The standard InChI is InChI=1S/C22H19ClN4O5S2/c1-3-31-18-11-15(10-17(23)19(18)32-13-14-7-5-4-6-8-14)9-16(12-24)20(28)25-21-26-27-22(33-21)34(2,29)30/h4-11H,3,13H2,1-2H3,(H,25,26,28). The Balaban J connectivity index is 1.83. The van der Waals surface area contributed by atoms with E-state index in [0.29, 0.717) is 35.0 Å². The molecule has 3 rings (SSSR count). The molecule has 12 heteroatoms. The minimum atomic E-state index is -3.56. The molecule has 0 aliphatic rings. The largest absolute Gasteiger partial charge is 0.490 e. The van der Waals surface area contributed by atoms with Gasteiger partial charge in [-0.2, -0.15) is 5.26 Å². The number of carbonyl (C=O) groups is 1. The summed E-state index contributed by atoms with van der Waals surface area (Å²) in [5, 5.41) is 19.2. The Morgan fingerprint density at radius 2 is 1.97 bits per heavy atom. The van der Waals surface area contributed by atoms with Gasteiger partial charge in [-0.3, -0.25) is 10.1 Å². The van der Waals surface area contributed by atoms with Crippen LogP contribution in [0.5, 0.6) is 11.5 Å². The van der Waals surface area contributed by atoms with Crippen LogP contribution in [0.4, 0.5) is 5.13 Å². The molecule has 0 radical (unpaired) electrons. The van der Waals surface area contributed by atoms with E-state index in [4.69, 9.17) is 21.1 Å². The zero-order valence-electron chi connectivity index (χ0n) is 18.1. The molecule has 9 nitrogen and oxygen atoms in total. The maximum atomic E-state index is 12.5. The third-order valence-electron chi connectivity index (χ3n) is 4.18. The van der Waals surface area contributed by atoms with Gasteiger partial charge in [-0.05, 0) is 36.3 Å². The van der Waals surface area contributed by atoms with Gasteiger partial charge in [0.15, 0.2) is 11.5 Å².